The molecule has 0 unspecified atom stereocenters. The first kappa shape index (κ1) is 18.6. The second-order valence-corrected chi connectivity index (χ2v) is 8.57. The van der Waals surface area contributed by atoms with Gasteiger partial charge in [0.1, 0.15) is 5.52 Å². The Morgan fingerprint density at radius 3 is 2.89 bits per heavy atom. The van der Waals surface area contributed by atoms with E-state index in [0.29, 0.717) is 22.6 Å². The highest BCUT2D eigenvalue weighted by Crippen LogP contribution is 2.30. The summed E-state index contributed by atoms with van der Waals surface area (Å²) in [6.45, 7) is 7.77. The number of carbonyl (C=O) groups excluding carboxylic acids is 1. The Morgan fingerprint density at radius 1 is 1.36 bits per heavy atom. The standard InChI is InChI=1S/C22H26N4O2/c1-22(2,3)20(28)17-10-23-21-19(17)25-18(11-24-21)15-5-4-6-16(9-15)26-8-7-14(12-26)13-27/h4-6,9-11,14,27H,7-8,12-13H2,1-3H3,(H,23,24)/t14-/m1/s1. The fourth-order valence-corrected chi connectivity index (χ4v) is 3.69. The number of H-pyrrole nitrogens is 1. The van der Waals surface area contributed by atoms with Gasteiger partial charge in [-0.3, -0.25) is 4.79 Å². The summed E-state index contributed by atoms with van der Waals surface area (Å²) in [5.41, 5.74) is 4.17. The average Bonchev–Trinajstić information content (AvgIpc) is 3.33. The zero-order chi connectivity index (χ0) is 19.9. The van der Waals surface area contributed by atoms with Gasteiger partial charge in [0.05, 0.1) is 17.5 Å². The smallest absolute Gasteiger partial charge is 0.171 e. The fraction of sp³-hybridized carbons (Fsp3) is 0.409. The zero-order valence-electron chi connectivity index (χ0n) is 16.6. The number of aromatic amines is 1. The van der Waals surface area contributed by atoms with Gasteiger partial charge < -0.3 is 15.0 Å². The van der Waals surface area contributed by atoms with Gasteiger partial charge >= 0.3 is 0 Å². The van der Waals surface area contributed by atoms with Gasteiger partial charge in [0.15, 0.2) is 11.4 Å². The molecule has 0 saturated carbocycles. The summed E-state index contributed by atoms with van der Waals surface area (Å²) in [5.74, 6) is 0.386. The minimum Gasteiger partial charge on any atom is -0.396 e. The molecule has 0 amide bonds. The topological polar surface area (TPSA) is 82.1 Å². The maximum atomic E-state index is 12.8. The van der Waals surface area contributed by atoms with Crippen LogP contribution >= 0.6 is 0 Å². The van der Waals surface area contributed by atoms with Crippen molar-refractivity contribution in [3.63, 3.8) is 0 Å². The lowest BCUT2D eigenvalue weighted by Crippen LogP contribution is -2.20. The van der Waals surface area contributed by atoms with Gasteiger partial charge in [-0.25, -0.2) is 9.97 Å². The van der Waals surface area contributed by atoms with Crippen LogP contribution in [-0.2, 0) is 0 Å². The molecule has 28 heavy (non-hydrogen) atoms. The molecule has 3 heterocycles. The normalized spacial score (nSPS) is 17.4. The highest BCUT2D eigenvalue weighted by molar-refractivity contribution is 6.08. The van der Waals surface area contributed by atoms with Crippen molar-refractivity contribution >= 4 is 22.6 Å². The van der Waals surface area contributed by atoms with Gasteiger partial charge in [-0.05, 0) is 18.6 Å². The number of rotatable bonds is 4. The van der Waals surface area contributed by atoms with Crippen LogP contribution in [0.1, 0.15) is 37.6 Å². The molecule has 1 aromatic carbocycles. The van der Waals surface area contributed by atoms with Gasteiger partial charge in [-0.2, -0.15) is 0 Å². The van der Waals surface area contributed by atoms with E-state index in [-0.39, 0.29) is 12.4 Å². The molecule has 0 aliphatic carbocycles. The Hall–Kier alpha value is -2.73. The number of aliphatic hydroxyl groups excluding tert-OH is 1. The summed E-state index contributed by atoms with van der Waals surface area (Å²) in [7, 11) is 0. The SMILES string of the molecule is CC(C)(C)C(=O)c1c[nH]c2ncc(-c3cccc(N4CC[C@@H](CO)C4)c3)nc12. The Balaban J connectivity index is 1.70. The van der Waals surface area contributed by atoms with Crippen LogP contribution in [0.3, 0.4) is 0 Å². The monoisotopic (exact) mass is 378 g/mol. The maximum Gasteiger partial charge on any atom is 0.171 e. The van der Waals surface area contributed by atoms with Crippen LogP contribution in [0.15, 0.2) is 36.7 Å². The van der Waals surface area contributed by atoms with Crippen LogP contribution in [0.4, 0.5) is 5.69 Å². The van der Waals surface area contributed by atoms with E-state index in [1.807, 2.05) is 32.9 Å². The second kappa shape index (κ2) is 7.02. The quantitative estimate of drug-likeness (QED) is 0.677. The van der Waals surface area contributed by atoms with Crippen LogP contribution in [0.2, 0.25) is 0 Å². The first-order valence-corrected chi connectivity index (χ1v) is 9.72. The number of hydrogen-bond acceptors (Lipinski definition) is 5. The van der Waals surface area contributed by atoms with Crippen LogP contribution < -0.4 is 4.90 Å². The molecule has 1 saturated heterocycles. The van der Waals surface area contributed by atoms with Gasteiger partial charge in [-0.15, -0.1) is 0 Å². The van der Waals surface area contributed by atoms with Crippen LogP contribution in [0.25, 0.3) is 22.4 Å². The molecule has 1 aliphatic heterocycles. The third kappa shape index (κ3) is 3.40. The number of carbonyl (C=O) groups is 1. The minimum atomic E-state index is -0.480. The van der Waals surface area contributed by atoms with Crippen LogP contribution in [0, 0.1) is 11.3 Å². The molecule has 1 atom stereocenters. The maximum absolute atomic E-state index is 12.8. The Labute approximate surface area is 164 Å². The van der Waals surface area contributed by atoms with E-state index < -0.39 is 5.41 Å². The minimum absolute atomic E-state index is 0.0473. The van der Waals surface area contributed by atoms with Crippen molar-refractivity contribution in [2.75, 3.05) is 24.6 Å². The number of aromatic nitrogens is 3. The Bertz CT molecular complexity index is 1020. The van der Waals surface area contributed by atoms with Crippen molar-refractivity contribution in [2.24, 2.45) is 11.3 Å². The molecule has 1 aliphatic rings. The van der Waals surface area contributed by atoms with E-state index in [4.69, 9.17) is 4.98 Å². The first-order valence-electron chi connectivity index (χ1n) is 9.72. The molecule has 0 spiro atoms. The number of nitrogens with one attached hydrogen (secondary N) is 1. The molecule has 1 fully saturated rings. The number of ketones is 1. The number of Topliss-reactive ketones (excluding diaryl/α,β-unsaturated/α-hetero) is 1. The predicted molar refractivity (Wildman–Crippen MR) is 111 cm³/mol. The van der Waals surface area contributed by atoms with Gasteiger partial charge in [-0.1, -0.05) is 32.9 Å². The molecule has 2 N–H and O–H groups in total. The van der Waals surface area contributed by atoms with Gasteiger partial charge in [0.25, 0.3) is 0 Å². The van der Waals surface area contributed by atoms with E-state index in [1.165, 1.54) is 0 Å². The molecule has 0 radical (unpaired) electrons. The molecule has 6 heteroatoms. The van der Waals surface area contributed by atoms with Crippen molar-refractivity contribution in [1.29, 1.82) is 0 Å². The van der Waals surface area contributed by atoms with Crippen molar-refractivity contribution in [3.8, 4) is 11.3 Å². The van der Waals surface area contributed by atoms with E-state index >= 15 is 0 Å². The highest BCUT2D eigenvalue weighted by atomic mass is 16.3. The lowest BCUT2D eigenvalue weighted by molar-refractivity contribution is 0.0860. The van der Waals surface area contributed by atoms with Crippen molar-refractivity contribution in [3.05, 3.63) is 42.2 Å². The van der Waals surface area contributed by atoms with Crippen LogP contribution in [0.5, 0.6) is 0 Å². The summed E-state index contributed by atoms with van der Waals surface area (Å²) >= 11 is 0. The molecule has 4 rings (SSSR count). The summed E-state index contributed by atoms with van der Waals surface area (Å²) in [4.78, 5) is 27.4. The lowest BCUT2D eigenvalue weighted by atomic mass is 9.87. The number of anilines is 1. The number of benzene rings is 1. The van der Waals surface area contributed by atoms with Gasteiger partial charge in [0, 0.05) is 48.5 Å². The molecule has 6 nitrogen and oxygen atoms in total. The number of hydrogen-bond donors (Lipinski definition) is 2. The Morgan fingerprint density at radius 2 is 2.18 bits per heavy atom. The molecule has 3 aromatic rings. The van der Waals surface area contributed by atoms with Crippen molar-refractivity contribution in [2.45, 2.75) is 27.2 Å². The van der Waals surface area contributed by atoms with Crippen molar-refractivity contribution in [1.82, 2.24) is 15.0 Å². The molecule has 2 aromatic heterocycles. The molecule has 0 bridgehead atoms. The number of nitrogens with zero attached hydrogens (tertiary/aromatic N) is 3. The largest absolute Gasteiger partial charge is 0.396 e. The number of fused-ring (bicyclic) bond motifs is 1. The summed E-state index contributed by atoms with van der Waals surface area (Å²) in [6, 6.07) is 8.21. The van der Waals surface area contributed by atoms with Crippen LogP contribution in [-0.4, -0.2) is 45.5 Å². The van der Waals surface area contributed by atoms with Gasteiger partial charge in [0.2, 0.25) is 0 Å². The summed E-state index contributed by atoms with van der Waals surface area (Å²) in [6.07, 6.45) is 4.45. The third-order valence-electron chi connectivity index (χ3n) is 5.36. The van der Waals surface area contributed by atoms with E-state index in [9.17, 15) is 9.90 Å². The average molecular weight is 378 g/mol. The molecule has 146 valence electrons. The lowest BCUT2D eigenvalue weighted by Gasteiger charge is -2.19. The van der Waals surface area contributed by atoms with E-state index in [1.54, 1.807) is 12.4 Å². The highest BCUT2D eigenvalue weighted by Gasteiger charge is 2.26. The molecular weight excluding hydrogens is 352 g/mol. The number of aliphatic hydroxyl groups is 1. The van der Waals surface area contributed by atoms with Crippen molar-refractivity contribution < 1.29 is 9.90 Å². The molecular formula is C22H26N4O2. The third-order valence-corrected chi connectivity index (χ3v) is 5.36. The fourth-order valence-electron chi connectivity index (χ4n) is 3.69. The Kier molecular flexibility index (Phi) is 4.67. The van der Waals surface area contributed by atoms with E-state index in [2.05, 4.69) is 27.0 Å². The van der Waals surface area contributed by atoms with E-state index in [0.717, 1.165) is 36.5 Å². The predicted octanol–water partition coefficient (Wildman–Crippen LogP) is 3.67. The first-order chi connectivity index (χ1) is 13.4. The second-order valence-electron chi connectivity index (χ2n) is 8.57. The zero-order valence-corrected chi connectivity index (χ0v) is 16.6. The summed E-state index contributed by atoms with van der Waals surface area (Å²) < 4.78 is 0. The summed E-state index contributed by atoms with van der Waals surface area (Å²) in [5, 5.41) is 9.40.